The number of para-hydroxylation sites is 1. The fourth-order valence-electron chi connectivity index (χ4n) is 2.50. The van der Waals surface area contributed by atoms with Crippen molar-refractivity contribution in [2.75, 3.05) is 20.6 Å². The van der Waals surface area contributed by atoms with Crippen molar-refractivity contribution in [3.8, 4) is 0 Å². The summed E-state index contributed by atoms with van der Waals surface area (Å²) in [6, 6.07) is 7.98. The van der Waals surface area contributed by atoms with E-state index in [1.807, 2.05) is 39.0 Å². The van der Waals surface area contributed by atoms with E-state index in [9.17, 15) is 4.79 Å². The van der Waals surface area contributed by atoms with Gasteiger partial charge in [-0.3, -0.25) is 9.79 Å². The molecule has 2 aromatic rings. The van der Waals surface area contributed by atoms with Crippen molar-refractivity contribution in [1.29, 1.82) is 0 Å². The lowest BCUT2D eigenvalue weighted by Gasteiger charge is -2.24. The van der Waals surface area contributed by atoms with E-state index < -0.39 is 5.41 Å². The molecule has 25 heavy (non-hydrogen) atoms. The van der Waals surface area contributed by atoms with E-state index in [4.69, 9.17) is 4.42 Å². The van der Waals surface area contributed by atoms with Gasteiger partial charge in [0.05, 0.1) is 12.0 Å². The van der Waals surface area contributed by atoms with E-state index in [2.05, 4.69) is 27.0 Å². The Bertz CT molecular complexity index is 753. The number of carbonyl (C=O) groups excluding carboxylic acids is 1. The highest BCUT2D eigenvalue weighted by atomic mass is 127. The number of furan rings is 1. The standard InChI is InChI=1S/C18H26N4O2.HI/c1-12-13-8-6-7-9-14(13)24-15(12)10-21-17(20-5)22-11-18(2,3)16(23)19-4;/h6-9H,10-11H2,1-5H3,(H,19,23)(H2,20,21,22);1H. The lowest BCUT2D eigenvalue weighted by atomic mass is 9.92. The van der Waals surface area contributed by atoms with Gasteiger partial charge in [-0.2, -0.15) is 0 Å². The molecule has 1 aromatic carbocycles. The molecule has 1 amide bonds. The lowest BCUT2D eigenvalue weighted by molar-refractivity contribution is -0.128. The molecule has 0 aliphatic rings. The third kappa shape index (κ3) is 5.10. The van der Waals surface area contributed by atoms with E-state index >= 15 is 0 Å². The van der Waals surface area contributed by atoms with Gasteiger partial charge in [0.2, 0.25) is 5.91 Å². The van der Waals surface area contributed by atoms with Crippen molar-refractivity contribution >= 4 is 46.8 Å². The Morgan fingerprint density at radius 1 is 1.24 bits per heavy atom. The van der Waals surface area contributed by atoms with Crippen LogP contribution in [0.4, 0.5) is 0 Å². The predicted molar refractivity (Wildman–Crippen MR) is 112 cm³/mol. The van der Waals surface area contributed by atoms with Crippen molar-refractivity contribution in [2.24, 2.45) is 10.4 Å². The molecule has 1 heterocycles. The summed E-state index contributed by atoms with van der Waals surface area (Å²) in [6.07, 6.45) is 0. The number of aryl methyl sites for hydroxylation is 1. The van der Waals surface area contributed by atoms with Gasteiger partial charge in [-0.15, -0.1) is 24.0 Å². The fraction of sp³-hybridized carbons (Fsp3) is 0.444. The summed E-state index contributed by atoms with van der Waals surface area (Å²) in [4.78, 5) is 16.0. The number of hydrogen-bond acceptors (Lipinski definition) is 3. The van der Waals surface area contributed by atoms with Crippen LogP contribution in [0.15, 0.2) is 33.7 Å². The number of halogens is 1. The molecule has 0 atom stereocenters. The van der Waals surface area contributed by atoms with Gasteiger partial charge in [-0.25, -0.2) is 0 Å². The molecule has 7 heteroatoms. The molecule has 0 bridgehead atoms. The highest BCUT2D eigenvalue weighted by Gasteiger charge is 2.26. The largest absolute Gasteiger partial charge is 0.459 e. The van der Waals surface area contributed by atoms with Crippen LogP contribution in [0.2, 0.25) is 0 Å². The first-order chi connectivity index (χ1) is 11.4. The van der Waals surface area contributed by atoms with Gasteiger partial charge < -0.3 is 20.4 Å². The molecule has 6 nitrogen and oxygen atoms in total. The number of nitrogens with one attached hydrogen (secondary N) is 3. The molecule has 3 N–H and O–H groups in total. The van der Waals surface area contributed by atoms with E-state index in [1.165, 1.54) is 0 Å². The zero-order valence-corrected chi connectivity index (χ0v) is 17.7. The Morgan fingerprint density at radius 2 is 1.92 bits per heavy atom. The number of carbonyl (C=O) groups is 1. The normalized spacial score (nSPS) is 11.8. The molecule has 0 aliphatic carbocycles. The second-order valence-electron chi connectivity index (χ2n) is 6.39. The van der Waals surface area contributed by atoms with Crippen LogP contribution in [0.25, 0.3) is 11.0 Å². The van der Waals surface area contributed by atoms with Crippen LogP contribution in [0.1, 0.15) is 25.2 Å². The van der Waals surface area contributed by atoms with Crippen LogP contribution in [-0.4, -0.2) is 32.5 Å². The Balaban J connectivity index is 0.00000312. The Labute approximate surface area is 165 Å². The summed E-state index contributed by atoms with van der Waals surface area (Å²) in [5, 5.41) is 10.2. The molecule has 0 saturated heterocycles. The van der Waals surface area contributed by atoms with E-state index in [-0.39, 0.29) is 29.9 Å². The second-order valence-corrected chi connectivity index (χ2v) is 6.39. The SMILES string of the molecule is CN=C(NCc1oc2ccccc2c1C)NCC(C)(C)C(=O)NC.I. The first kappa shape index (κ1) is 21.3. The molecule has 2 rings (SSSR count). The van der Waals surface area contributed by atoms with Crippen LogP contribution in [-0.2, 0) is 11.3 Å². The van der Waals surface area contributed by atoms with Crippen LogP contribution in [0, 0.1) is 12.3 Å². The number of amides is 1. The number of rotatable bonds is 5. The van der Waals surface area contributed by atoms with Gasteiger partial charge in [0.15, 0.2) is 5.96 Å². The summed E-state index contributed by atoms with van der Waals surface area (Å²) in [5.41, 5.74) is 1.48. The second kappa shape index (κ2) is 9.07. The zero-order chi connectivity index (χ0) is 17.7. The first-order valence-electron chi connectivity index (χ1n) is 8.02. The minimum absolute atomic E-state index is 0. The molecule has 138 valence electrons. The number of benzene rings is 1. The molecule has 0 aliphatic heterocycles. The van der Waals surface area contributed by atoms with Gasteiger partial charge in [-0.1, -0.05) is 18.2 Å². The van der Waals surface area contributed by atoms with Crippen LogP contribution >= 0.6 is 24.0 Å². The summed E-state index contributed by atoms with van der Waals surface area (Å²) in [5.74, 6) is 1.50. The van der Waals surface area contributed by atoms with Gasteiger partial charge in [0, 0.05) is 31.6 Å². The summed E-state index contributed by atoms with van der Waals surface area (Å²) < 4.78 is 5.89. The number of aliphatic imine (C=N–C) groups is 1. The fourth-order valence-corrected chi connectivity index (χ4v) is 2.50. The van der Waals surface area contributed by atoms with E-state index in [0.29, 0.717) is 19.0 Å². The number of hydrogen-bond donors (Lipinski definition) is 3. The van der Waals surface area contributed by atoms with Crippen LogP contribution in [0.3, 0.4) is 0 Å². The molecule has 0 spiro atoms. The Hall–Kier alpha value is -1.77. The maximum atomic E-state index is 11.8. The first-order valence-corrected chi connectivity index (χ1v) is 8.02. The maximum absolute atomic E-state index is 11.8. The third-order valence-corrected chi connectivity index (χ3v) is 4.12. The molecule has 0 fully saturated rings. The number of nitrogens with zero attached hydrogens (tertiary/aromatic N) is 1. The minimum atomic E-state index is -0.526. The van der Waals surface area contributed by atoms with Crippen LogP contribution < -0.4 is 16.0 Å². The van der Waals surface area contributed by atoms with Crippen molar-refractivity contribution in [3.63, 3.8) is 0 Å². The molecule has 1 aromatic heterocycles. The molecule has 0 radical (unpaired) electrons. The van der Waals surface area contributed by atoms with Crippen molar-refractivity contribution in [1.82, 2.24) is 16.0 Å². The average Bonchev–Trinajstić information content (AvgIpc) is 2.90. The van der Waals surface area contributed by atoms with Crippen molar-refractivity contribution in [3.05, 3.63) is 35.6 Å². The monoisotopic (exact) mass is 458 g/mol. The quantitative estimate of drug-likeness (QED) is 0.366. The number of guanidine groups is 1. The average molecular weight is 458 g/mol. The van der Waals surface area contributed by atoms with E-state index in [0.717, 1.165) is 22.3 Å². The molecule has 0 saturated carbocycles. The molecular weight excluding hydrogens is 431 g/mol. The van der Waals surface area contributed by atoms with Crippen molar-refractivity contribution in [2.45, 2.75) is 27.3 Å². The summed E-state index contributed by atoms with van der Waals surface area (Å²) in [7, 11) is 3.34. The predicted octanol–water partition coefficient (Wildman–Crippen LogP) is 2.80. The van der Waals surface area contributed by atoms with Gasteiger partial charge in [-0.05, 0) is 26.8 Å². The maximum Gasteiger partial charge on any atom is 0.227 e. The van der Waals surface area contributed by atoms with Gasteiger partial charge >= 0.3 is 0 Å². The summed E-state index contributed by atoms with van der Waals surface area (Å²) in [6.45, 7) is 6.82. The zero-order valence-electron chi connectivity index (χ0n) is 15.4. The third-order valence-electron chi connectivity index (χ3n) is 4.12. The highest BCUT2D eigenvalue weighted by molar-refractivity contribution is 14.0. The minimum Gasteiger partial charge on any atom is -0.459 e. The van der Waals surface area contributed by atoms with Crippen LogP contribution in [0.5, 0.6) is 0 Å². The van der Waals surface area contributed by atoms with Crippen molar-refractivity contribution < 1.29 is 9.21 Å². The molecular formula is C18H27IN4O2. The smallest absolute Gasteiger partial charge is 0.227 e. The number of fused-ring (bicyclic) bond motifs is 1. The Kier molecular flexibility index (Phi) is 7.72. The topological polar surface area (TPSA) is 78.7 Å². The van der Waals surface area contributed by atoms with Gasteiger partial charge in [0.25, 0.3) is 0 Å². The molecule has 0 unspecified atom stereocenters. The highest BCUT2D eigenvalue weighted by Crippen LogP contribution is 2.24. The summed E-state index contributed by atoms with van der Waals surface area (Å²) >= 11 is 0. The Morgan fingerprint density at radius 3 is 2.52 bits per heavy atom. The van der Waals surface area contributed by atoms with E-state index in [1.54, 1.807) is 14.1 Å². The van der Waals surface area contributed by atoms with Gasteiger partial charge in [0.1, 0.15) is 11.3 Å². The lowest BCUT2D eigenvalue weighted by Crippen LogP contribution is -2.47.